The molecule has 9 rings (SSSR count). The highest BCUT2D eigenvalue weighted by molar-refractivity contribution is 7.02. The monoisotopic (exact) mass is 698 g/mol. The second-order valence-corrected chi connectivity index (χ2v) is 24.0. The summed E-state index contributed by atoms with van der Waals surface area (Å²) in [4.78, 5) is 0. The second-order valence-electron chi connectivity index (χ2n) is 15.3. The Bertz CT molecular complexity index is 2510. The van der Waals surface area contributed by atoms with Gasteiger partial charge >= 0.3 is 0 Å². The molecule has 9 aromatic carbocycles. The Kier molecular flexibility index (Phi) is 7.84. The molecule has 0 fully saturated rings. The van der Waals surface area contributed by atoms with Crippen molar-refractivity contribution in [3.63, 3.8) is 0 Å². The Morgan fingerprint density at radius 2 is 0.558 bits per heavy atom. The zero-order chi connectivity index (χ0) is 35.5. The Hall–Kier alpha value is -5.55. The van der Waals surface area contributed by atoms with Gasteiger partial charge in [-0.1, -0.05) is 219 Å². The summed E-state index contributed by atoms with van der Waals surface area (Å²) >= 11 is 0. The molecular weight excluding hydrogens is 657 g/mol. The highest BCUT2D eigenvalue weighted by Crippen LogP contribution is 2.43. The summed E-state index contributed by atoms with van der Waals surface area (Å²) in [7, 11) is -3.91. The summed E-state index contributed by atoms with van der Waals surface area (Å²) in [5, 5.41) is 16.5. The van der Waals surface area contributed by atoms with Crippen LogP contribution in [0.1, 0.15) is 0 Å². The van der Waals surface area contributed by atoms with E-state index in [1.54, 1.807) is 0 Å². The van der Waals surface area contributed by atoms with Gasteiger partial charge in [-0.3, -0.25) is 0 Å². The van der Waals surface area contributed by atoms with Crippen molar-refractivity contribution in [2.24, 2.45) is 0 Å². The standard InChI is InChI=1S/C50H42Si2/c1-51(2,47-25-13-17-35-15-5-7-19-41(35)47)39-31-27-37(28-32-39)49-43-21-9-11-23-45(43)50(46-24-12-10-22-44(46)49)38-29-33-40(34-30-38)52(3,4)48-26-14-18-36-16-6-8-20-42(36)48/h5-34H,1-4H3. The van der Waals surface area contributed by atoms with Crippen LogP contribution in [0.25, 0.3) is 65.3 Å². The maximum atomic E-state index is 2.49. The first-order valence-corrected chi connectivity index (χ1v) is 24.4. The van der Waals surface area contributed by atoms with Gasteiger partial charge < -0.3 is 0 Å². The largest absolute Gasteiger partial charge is 0.113 e. The summed E-state index contributed by atoms with van der Waals surface area (Å²) in [6, 6.07) is 68.4. The molecule has 0 bridgehead atoms. The van der Waals surface area contributed by atoms with Crippen molar-refractivity contribution in [1.29, 1.82) is 0 Å². The molecule has 0 aliphatic rings. The summed E-state index contributed by atoms with van der Waals surface area (Å²) in [5.74, 6) is 0. The molecule has 0 N–H and O–H groups in total. The van der Waals surface area contributed by atoms with E-state index in [4.69, 9.17) is 0 Å². The van der Waals surface area contributed by atoms with Crippen LogP contribution in [0.5, 0.6) is 0 Å². The van der Waals surface area contributed by atoms with Gasteiger partial charge in [0, 0.05) is 0 Å². The smallest absolute Gasteiger partial charge is 0.0620 e. The fourth-order valence-corrected chi connectivity index (χ4v) is 14.2. The van der Waals surface area contributed by atoms with Crippen molar-refractivity contribution in [2.75, 3.05) is 0 Å². The maximum absolute atomic E-state index is 2.49. The highest BCUT2D eigenvalue weighted by atomic mass is 28.3. The van der Waals surface area contributed by atoms with Crippen molar-refractivity contribution >= 4 is 80.0 Å². The fourth-order valence-electron chi connectivity index (χ4n) is 8.71. The van der Waals surface area contributed by atoms with Gasteiger partial charge in [-0.25, -0.2) is 0 Å². The average molecular weight is 699 g/mol. The number of benzene rings is 9. The van der Waals surface area contributed by atoms with E-state index in [0.717, 1.165) is 0 Å². The fraction of sp³-hybridized carbons (Fsp3) is 0.0800. The third-order valence-corrected chi connectivity index (χ3v) is 18.8. The highest BCUT2D eigenvalue weighted by Gasteiger charge is 2.29. The third kappa shape index (κ3) is 5.25. The third-order valence-electron chi connectivity index (χ3n) is 11.6. The Balaban J connectivity index is 1.15. The van der Waals surface area contributed by atoms with Crippen molar-refractivity contribution in [3.8, 4) is 22.3 Å². The van der Waals surface area contributed by atoms with Crippen LogP contribution in [0, 0.1) is 0 Å². The van der Waals surface area contributed by atoms with Crippen LogP contribution < -0.4 is 20.7 Å². The molecule has 0 saturated carbocycles. The van der Waals surface area contributed by atoms with Crippen LogP contribution in [-0.4, -0.2) is 16.1 Å². The van der Waals surface area contributed by atoms with Crippen LogP contribution >= 0.6 is 0 Å². The van der Waals surface area contributed by atoms with Gasteiger partial charge in [-0.2, -0.15) is 0 Å². The molecule has 2 heteroatoms. The minimum absolute atomic E-state index is 1.27. The first-order valence-electron chi connectivity index (χ1n) is 18.4. The number of fused-ring (bicyclic) bond motifs is 4. The van der Waals surface area contributed by atoms with Crippen molar-refractivity contribution in [3.05, 3.63) is 182 Å². The van der Waals surface area contributed by atoms with Gasteiger partial charge in [0.15, 0.2) is 0 Å². The molecule has 0 saturated heterocycles. The first-order chi connectivity index (χ1) is 25.3. The molecular formula is C50H42Si2. The second kappa shape index (κ2) is 12.6. The zero-order valence-electron chi connectivity index (χ0n) is 30.3. The minimum atomic E-state index is -1.96. The molecule has 0 amide bonds. The molecule has 0 heterocycles. The summed E-state index contributed by atoms with van der Waals surface area (Å²) in [6.45, 7) is 9.95. The SMILES string of the molecule is C[Si](C)(c1ccc(-c2c3ccccc3c(-c3ccc([Si](C)(C)c4cccc5ccccc45)cc3)c3ccccc23)cc1)c1cccc2ccccc12. The molecule has 0 aliphatic heterocycles. The Labute approximate surface area is 309 Å². The van der Waals surface area contributed by atoms with Gasteiger partial charge in [0.05, 0.1) is 0 Å². The van der Waals surface area contributed by atoms with E-state index in [-0.39, 0.29) is 0 Å². The molecule has 0 spiro atoms. The van der Waals surface area contributed by atoms with Crippen LogP contribution in [0.4, 0.5) is 0 Å². The zero-order valence-corrected chi connectivity index (χ0v) is 32.3. The quantitative estimate of drug-likeness (QED) is 0.120. The summed E-state index contributed by atoms with van der Waals surface area (Å²) in [5.41, 5.74) is 5.16. The predicted molar refractivity (Wildman–Crippen MR) is 234 cm³/mol. The number of rotatable bonds is 6. The van der Waals surface area contributed by atoms with Crippen molar-refractivity contribution < 1.29 is 0 Å². The minimum Gasteiger partial charge on any atom is -0.0620 e. The van der Waals surface area contributed by atoms with Crippen molar-refractivity contribution in [2.45, 2.75) is 26.2 Å². The van der Waals surface area contributed by atoms with Gasteiger partial charge in [0.1, 0.15) is 16.1 Å². The molecule has 0 aromatic heterocycles. The van der Waals surface area contributed by atoms with E-state index in [2.05, 4.69) is 208 Å². The summed E-state index contributed by atoms with van der Waals surface area (Å²) in [6.07, 6.45) is 0. The first kappa shape index (κ1) is 32.4. The van der Waals surface area contributed by atoms with Crippen LogP contribution in [0.3, 0.4) is 0 Å². The Morgan fingerprint density at radius 3 is 0.904 bits per heavy atom. The molecule has 0 nitrogen and oxygen atoms in total. The lowest BCUT2D eigenvalue weighted by molar-refractivity contribution is 1.65. The number of hydrogen-bond donors (Lipinski definition) is 0. The van der Waals surface area contributed by atoms with Crippen LogP contribution in [-0.2, 0) is 0 Å². The Morgan fingerprint density at radius 1 is 0.269 bits per heavy atom. The lowest BCUT2D eigenvalue weighted by Gasteiger charge is -2.26. The number of hydrogen-bond acceptors (Lipinski definition) is 0. The van der Waals surface area contributed by atoms with E-state index in [1.165, 1.54) is 86.1 Å². The van der Waals surface area contributed by atoms with E-state index < -0.39 is 16.1 Å². The van der Waals surface area contributed by atoms with Crippen LogP contribution in [0.15, 0.2) is 182 Å². The van der Waals surface area contributed by atoms with E-state index in [1.807, 2.05) is 0 Å². The summed E-state index contributed by atoms with van der Waals surface area (Å²) < 4.78 is 0. The van der Waals surface area contributed by atoms with Gasteiger partial charge in [-0.05, 0) is 75.7 Å². The average Bonchev–Trinajstić information content (AvgIpc) is 3.19. The lowest BCUT2D eigenvalue weighted by atomic mass is 9.86. The predicted octanol–water partition coefficient (Wildman–Crippen LogP) is 11.3. The molecule has 9 aromatic rings. The van der Waals surface area contributed by atoms with Gasteiger partial charge in [-0.15, -0.1) is 0 Å². The topological polar surface area (TPSA) is 0 Å². The molecule has 0 radical (unpaired) electrons. The van der Waals surface area contributed by atoms with Crippen molar-refractivity contribution in [1.82, 2.24) is 0 Å². The molecule has 250 valence electrons. The normalized spacial score (nSPS) is 12.2. The lowest BCUT2D eigenvalue weighted by Crippen LogP contribution is -2.53. The molecule has 52 heavy (non-hydrogen) atoms. The van der Waals surface area contributed by atoms with Crippen LogP contribution in [0.2, 0.25) is 26.2 Å². The van der Waals surface area contributed by atoms with E-state index in [0.29, 0.717) is 0 Å². The molecule has 0 unspecified atom stereocenters. The molecule has 0 atom stereocenters. The van der Waals surface area contributed by atoms with Gasteiger partial charge in [0.25, 0.3) is 0 Å². The maximum Gasteiger partial charge on any atom is 0.113 e. The van der Waals surface area contributed by atoms with E-state index >= 15 is 0 Å². The van der Waals surface area contributed by atoms with Gasteiger partial charge in [0.2, 0.25) is 0 Å². The van der Waals surface area contributed by atoms with E-state index in [9.17, 15) is 0 Å². The molecule has 0 aliphatic carbocycles.